The number of benzene rings is 1. The molecule has 2 aromatic heterocycles. The fourth-order valence-electron chi connectivity index (χ4n) is 4.37. The zero-order valence-electron chi connectivity index (χ0n) is 15.1. The number of fused-ring (bicyclic) bond motifs is 2. The largest absolute Gasteiger partial charge is 0.469 e. The third kappa shape index (κ3) is 2.62. The summed E-state index contributed by atoms with van der Waals surface area (Å²) in [4.78, 5) is 18.6. The Hall–Kier alpha value is -2.16. The van der Waals surface area contributed by atoms with Crippen LogP contribution in [0.5, 0.6) is 0 Å². The van der Waals surface area contributed by atoms with Gasteiger partial charge in [-0.1, -0.05) is 18.2 Å². The molecule has 138 valence electrons. The molecule has 5 rings (SSSR count). The van der Waals surface area contributed by atoms with Crippen LogP contribution in [-0.2, 0) is 9.53 Å². The van der Waals surface area contributed by atoms with E-state index in [4.69, 9.17) is 9.84 Å². The smallest absolute Gasteiger partial charge is 0.309 e. The van der Waals surface area contributed by atoms with Gasteiger partial charge in [-0.15, -0.1) is 0 Å². The van der Waals surface area contributed by atoms with E-state index in [1.165, 1.54) is 12.7 Å². The molecular weight excluding hydrogens is 455 g/mol. The minimum Gasteiger partial charge on any atom is -0.469 e. The number of aryl methyl sites for hydroxylation is 1. The predicted molar refractivity (Wildman–Crippen MR) is 111 cm³/mol. The van der Waals surface area contributed by atoms with Crippen molar-refractivity contribution in [3.05, 3.63) is 45.8 Å². The maximum Gasteiger partial charge on any atom is 0.309 e. The number of para-hydroxylation sites is 1. The molecule has 27 heavy (non-hydrogen) atoms. The molecular formula is C20H19IN4O2. The molecule has 0 spiro atoms. The summed E-state index contributed by atoms with van der Waals surface area (Å²) in [7, 11) is 1.47. The zero-order chi connectivity index (χ0) is 18.7. The molecule has 0 N–H and O–H groups in total. The van der Waals surface area contributed by atoms with Crippen molar-refractivity contribution in [3.63, 3.8) is 0 Å². The molecule has 1 aliphatic heterocycles. The number of anilines is 1. The lowest BCUT2D eigenvalue weighted by Crippen LogP contribution is -2.27. The van der Waals surface area contributed by atoms with Crippen LogP contribution in [0.2, 0.25) is 0 Å². The van der Waals surface area contributed by atoms with Gasteiger partial charge in [0.2, 0.25) is 0 Å². The zero-order valence-corrected chi connectivity index (χ0v) is 17.3. The van der Waals surface area contributed by atoms with Crippen LogP contribution in [0.25, 0.3) is 16.6 Å². The number of nitrogens with zero attached hydrogens (tertiary/aromatic N) is 4. The molecule has 2 fully saturated rings. The van der Waals surface area contributed by atoms with E-state index in [0.717, 1.165) is 39.2 Å². The van der Waals surface area contributed by atoms with Gasteiger partial charge in [0.05, 0.1) is 30.4 Å². The van der Waals surface area contributed by atoms with Gasteiger partial charge in [-0.05, 0) is 59.0 Å². The van der Waals surface area contributed by atoms with Gasteiger partial charge in [0.15, 0.2) is 0 Å². The first-order valence-electron chi connectivity index (χ1n) is 9.01. The molecule has 3 atom stereocenters. The van der Waals surface area contributed by atoms with Crippen molar-refractivity contribution in [1.29, 1.82) is 0 Å². The van der Waals surface area contributed by atoms with Crippen LogP contribution in [0.15, 0.2) is 36.5 Å². The van der Waals surface area contributed by atoms with E-state index in [2.05, 4.69) is 63.7 Å². The molecule has 3 aromatic rings. The summed E-state index contributed by atoms with van der Waals surface area (Å²) >= 11 is 2.28. The molecule has 7 heteroatoms. The van der Waals surface area contributed by atoms with Crippen molar-refractivity contribution in [3.8, 4) is 5.69 Å². The monoisotopic (exact) mass is 474 g/mol. The highest BCUT2D eigenvalue weighted by Gasteiger charge is 2.60. The molecule has 0 radical (unpaired) electrons. The maximum atomic E-state index is 11.7. The lowest BCUT2D eigenvalue weighted by atomic mass is 10.2. The molecule has 1 aliphatic carbocycles. The number of esters is 1. The van der Waals surface area contributed by atoms with Gasteiger partial charge in [0.25, 0.3) is 0 Å². The number of pyridine rings is 1. The number of hydrogen-bond donors (Lipinski definition) is 0. The Labute approximate surface area is 170 Å². The average Bonchev–Trinajstić information content (AvgIpc) is 3.01. The van der Waals surface area contributed by atoms with E-state index < -0.39 is 0 Å². The highest BCUT2D eigenvalue weighted by molar-refractivity contribution is 14.1. The van der Waals surface area contributed by atoms with Gasteiger partial charge in [0.1, 0.15) is 9.52 Å². The predicted octanol–water partition coefficient (Wildman–Crippen LogP) is 3.19. The van der Waals surface area contributed by atoms with Crippen LogP contribution in [-0.4, -0.2) is 40.9 Å². The van der Waals surface area contributed by atoms with Crippen molar-refractivity contribution in [2.24, 2.45) is 17.8 Å². The number of rotatable bonds is 3. The summed E-state index contributed by atoms with van der Waals surface area (Å²) in [5.41, 5.74) is 3.28. The third-order valence-corrected chi connectivity index (χ3v) is 6.62. The van der Waals surface area contributed by atoms with Gasteiger partial charge in [-0.2, -0.15) is 5.10 Å². The summed E-state index contributed by atoms with van der Waals surface area (Å²) in [5.74, 6) is 1.81. The van der Waals surface area contributed by atoms with Crippen LogP contribution in [0, 0.1) is 28.4 Å². The first kappa shape index (κ1) is 17.0. The van der Waals surface area contributed by atoms with E-state index in [0.29, 0.717) is 11.8 Å². The summed E-state index contributed by atoms with van der Waals surface area (Å²) in [6.45, 7) is 3.85. The van der Waals surface area contributed by atoms with E-state index in [-0.39, 0.29) is 11.9 Å². The Kier molecular flexibility index (Phi) is 3.89. The topological polar surface area (TPSA) is 60.2 Å². The van der Waals surface area contributed by atoms with Crippen LogP contribution in [0.4, 0.5) is 5.82 Å². The second-order valence-corrected chi connectivity index (χ2v) is 8.35. The van der Waals surface area contributed by atoms with Crippen LogP contribution >= 0.6 is 22.6 Å². The van der Waals surface area contributed by atoms with Crippen molar-refractivity contribution >= 4 is 45.3 Å². The van der Waals surface area contributed by atoms with E-state index >= 15 is 0 Å². The summed E-state index contributed by atoms with van der Waals surface area (Å²) in [5, 5.41) is 5.86. The number of halogens is 1. The lowest BCUT2D eigenvalue weighted by Gasteiger charge is -2.20. The Morgan fingerprint density at radius 3 is 2.67 bits per heavy atom. The second kappa shape index (κ2) is 6.19. The molecule has 0 bridgehead atoms. The molecule has 0 amide bonds. The first-order valence-corrected chi connectivity index (χ1v) is 10.1. The van der Waals surface area contributed by atoms with Crippen LogP contribution < -0.4 is 4.90 Å². The second-order valence-electron chi connectivity index (χ2n) is 7.33. The molecule has 6 nitrogen and oxygen atoms in total. The van der Waals surface area contributed by atoms with Crippen molar-refractivity contribution in [2.75, 3.05) is 25.1 Å². The van der Waals surface area contributed by atoms with Crippen molar-refractivity contribution in [2.45, 2.75) is 6.92 Å². The molecule has 1 saturated carbocycles. The minimum absolute atomic E-state index is 0.0662. The van der Waals surface area contributed by atoms with E-state index in [9.17, 15) is 4.79 Å². The molecule has 1 aromatic carbocycles. The Bertz CT molecular complexity index is 1030. The fourth-order valence-corrected chi connectivity index (χ4v) is 5.03. The number of aromatic nitrogens is 3. The van der Waals surface area contributed by atoms with Crippen LogP contribution in [0.1, 0.15) is 5.56 Å². The Balaban J connectivity index is 1.39. The number of carbonyl (C=O) groups excluding carboxylic acids is 1. The van der Waals surface area contributed by atoms with Gasteiger partial charge >= 0.3 is 5.97 Å². The van der Waals surface area contributed by atoms with Crippen molar-refractivity contribution in [1.82, 2.24) is 14.8 Å². The molecule has 1 saturated heterocycles. The van der Waals surface area contributed by atoms with E-state index in [1.807, 2.05) is 16.9 Å². The van der Waals surface area contributed by atoms with Gasteiger partial charge < -0.3 is 9.64 Å². The lowest BCUT2D eigenvalue weighted by molar-refractivity contribution is -0.142. The number of carbonyl (C=O) groups is 1. The SMILES string of the molecule is COC(=O)C1[C@H]2CN(c3ccc(-n4nc(I)c5cccc(C)c54)cn3)C[C@@H]12. The standard InChI is InChI=1S/C20H19IN4O2/c1-11-4-3-5-13-18(11)25(23-19(13)21)12-6-7-16(22-8-12)24-9-14-15(10-24)17(14)20(26)27-2/h3-8,14-15,17H,9-10H2,1-2H3/t14-,15+,17?. The van der Waals surface area contributed by atoms with E-state index in [1.54, 1.807) is 0 Å². The molecule has 1 unspecified atom stereocenters. The Morgan fingerprint density at radius 1 is 1.22 bits per heavy atom. The number of hydrogen-bond acceptors (Lipinski definition) is 5. The summed E-state index contributed by atoms with van der Waals surface area (Å²) in [6, 6.07) is 10.4. The number of piperidine rings is 1. The Morgan fingerprint density at radius 2 is 2.00 bits per heavy atom. The first-order chi connectivity index (χ1) is 13.1. The highest BCUT2D eigenvalue weighted by Crippen LogP contribution is 2.52. The maximum absolute atomic E-state index is 11.7. The average molecular weight is 474 g/mol. The normalized spacial score (nSPS) is 23.5. The quantitative estimate of drug-likeness (QED) is 0.431. The number of methoxy groups -OCH3 is 1. The number of ether oxygens (including phenoxy) is 1. The van der Waals surface area contributed by atoms with Gasteiger partial charge in [0, 0.05) is 18.5 Å². The van der Waals surface area contributed by atoms with Gasteiger partial charge in [-0.25, -0.2) is 9.67 Å². The van der Waals surface area contributed by atoms with Crippen LogP contribution in [0.3, 0.4) is 0 Å². The summed E-state index contributed by atoms with van der Waals surface area (Å²) in [6.07, 6.45) is 1.88. The third-order valence-electron chi connectivity index (χ3n) is 5.83. The van der Waals surface area contributed by atoms with Crippen molar-refractivity contribution < 1.29 is 9.53 Å². The van der Waals surface area contributed by atoms with Gasteiger partial charge in [-0.3, -0.25) is 4.79 Å². The fraction of sp³-hybridized carbons (Fsp3) is 0.350. The molecule has 3 heterocycles. The minimum atomic E-state index is -0.0662. The highest BCUT2D eigenvalue weighted by atomic mass is 127. The molecule has 2 aliphatic rings. The summed E-state index contributed by atoms with van der Waals surface area (Å²) < 4.78 is 7.84.